The molecule has 0 radical (unpaired) electrons. The molecule has 1 fully saturated rings. The van der Waals surface area contributed by atoms with Gasteiger partial charge in [0.25, 0.3) is 11.8 Å². The molecule has 29 heavy (non-hydrogen) atoms. The number of nitrogens with zero attached hydrogens (tertiary/aromatic N) is 4. The van der Waals surface area contributed by atoms with Crippen molar-refractivity contribution in [3.63, 3.8) is 0 Å². The first kappa shape index (κ1) is 18.8. The Balaban J connectivity index is 1.49. The molecule has 0 aliphatic carbocycles. The van der Waals surface area contributed by atoms with E-state index in [0.717, 1.165) is 11.3 Å². The Labute approximate surface area is 168 Å². The van der Waals surface area contributed by atoms with E-state index in [1.54, 1.807) is 52.3 Å². The summed E-state index contributed by atoms with van der Waals surface area (Å²) in [6.07, 6.45) is 3.04. The van der Waals surface area contributed by atoms with Gasteiger partial charge in [-0.05, 0) is 48.9 Å². The van der Waals surface area contributed by atoms with Crippen molar-refractivity contribution < 1.29 is 14.3 Å². The molecule has 2 amide bonds. The van der Waals surface area contributed by atoms with E-state index in [2.05, 4.69) is 15.4 Å². The van der Waals surface area contributed by atoms with Gasteiger partial charge in [-0.1, -0.05) is 6.07 Å². The number of carbonyl (C=O) groups excluding carboxylic acids is 2. The number of carbonyl (C=O) groups is 2. The van der Waals surface area contributed by atoms with Gasteiger partial charge in [0, 0.05) is 29.9 Å². The van der Waals surface area contributed by atoms with Gasteiger partial charge in [-0.2, -0.15) is 5.10 Å². The third kappa shape index (κ3) is 4.17. The zero-order chi connectivity index (χ0) is 20.2. The van der Waals surface area contributed by atoms with E-state index in [1.807, 2.05) is 13.0 Å². The molecule has 1 saturated heterocycles. The molecule has 1 aliphatic heterocycles. The topological polar surface area (TPSA) is 89.3 Å². The minimum absolute atomic E-state index is 0.0425. The Hall–Kier alpha value is -3.52. The summed E-state index contributed by atoms with van der Waals surface area (Å²) in [5.74, 6) is -0.289. The van der Waals surface area contributed by atoms with Crippen LogP contribution in [0.2, 0.25) is 0 Å². The molecule has 2 aromatic carbocycles. The SMILES string of the molecule is Cc1ccc(NC(=O)c2ccc(-n3cncn3)cc2)cc1C(=O)N1CCOCC1. The minimum Gasteiger partial charge on any atom is -0.378 e. The molecule has 0 atom stereocenters. The number of aromatic nitrogens is 3. The van der Waals surface area contributed by atoms with Crippen molar-refractivity contribution in [1.82, 2.24) is 19.7 Å². The number of aryl methyl sites for hydroxylation is 1. The van der Waals surface area contributed by atoms with Gasteiger partial charge in [-0.3, -0.25) is 9.59 Å². The second-order valence-corrected chi connectivity index (χ2v) is 6.78. The molecule has 8 nitrogen and oxygen atoms in total. The van der Waals surface area contributed by atoms with Crippen molar-refractivity contribution >= 4 is 17.5 Å². The number of hydrogen-bond donors (Lipinski definition) is 1. The van der Waals surface area contributed by atoms with E-state index in [0.29, 0.717) is 43.1 Å². The highest BCUT2D eigenvalue weighted by Crippen LogP contribution is 2.19. The number of amides is 2. The summed E-state index contributed by atoms with van der Waals surface area (Å²) >= 11 is 0. The van der Waals surface area contributed by atoms with E-state index in [4.69, 9.17) is 4.74 Å². The smallest absolute Gasteiger partial charge is 0.255 e. The van der Waals surface area contributed by atoms with Gasteiger partial charge < -0.3 is 15.0 Å². The second kappa shape index (κ2) is 8.24. The van der Waals surface area contributed by atoms with Crippen molar-refractivity contribution in [3.8, 4) is 5.69 Å². The maximum atomic E-state index is 12.8. The van der Waals surface area contributed by atoms with E-state index in [9.17, 15) is 9.59 Å². The monoisotopic (exact) mass is 391 g/mol. The van der Waals surface area contributed by atoms with Crippen LogP contribution in [0, 0.1) is 6.92 Å². The molecule has 2 heterocycles. The quantitative estimate of drug-likeness (QED) is 0.737. The number of morpholine rings is 1. The highest BCUT2D eigenvalue weighted by molar-refractivity contribution is 6.05. The van der Waals surface area contributed by atoms with Crippen LogP contribution in [0.4, 0.5) is 5.69 Å². The molecule has 8 heteroatoms. The van der Waals surface area contributed by atoms with Gasteiger partial charge in [-0.25, -0.2) is 9.67 Å². The van der Waals surface area contributed by atoms with Crippen LogP contribution in [0.3, 0.4) is 0 Å². The maximum Gasteiger partial charge on any atom is 0.255 e. The van der Waals surface area contributed by atoms with Crippen molar-refractivity contribution in [2.75, 3.05) is 31.6 Å². The third-order valence-corrected chi connectivity index (χ3v) is 4.84. The lowest BCUT2D eigenvalue weighted by Gasteiger charge is -2.27. The lowest BCUT2D eigenvalue weighted by Crippen LogP contribution is -2.41. The van der Waals surface area contributed by atoms with Crippen LogP contribution in [0.15, 0.2) is 55.1 Å². The van der Waals surface area contributed by atoms with Crippen molar-refractivity contribution in [2.24, 2.45) is 0 Å². The summed E-state index contributed by atoms with van der Waals surface area (Å²) in [6, 6.07) is 12.4. The van der Waals surface area contributed by atoms with E-state index < -0.39 is 0 Å². The van der Waals surface area contributed by atoms with Gasteiger partial charge in [0.15, 0.2) is 0 Å². The predicted molar refractivity (Wildman–Crippen MR) is 107 cm³/mol. The molecular formula is C21H21N5O3. The predicted octanol–water partition coefficient (Wildman–Crippen LogP) is 2.30. The largest absolute Gasteiger partial charge is 0.378 e. The van der Waals surface area contributed by atoms with Crippen LogP contribution in [0.25, 0.3) is 5.69 Å². The van der Waals surface area contributed by atoms with Gasteiger partial charge in [-0.15, -0.1) is 0 Å². The molecule has 0 spiro atoms. The van der Waals surface area contributed by atoms with E-state index in [1.165, 1.54) is 6.33 Å². The van der Waals surface area contributed by atoms with Crippen LogP contribution < -0.4 is 5.32 Å². The van der Waals surface area contributed by atoms with Crippen LogP contribution in [-0.2, 0) is 4.74 Å². The molecule has 1 N–H and O–H groups in total. The fourth-order valence-electron chi connectivity index (χ4n) is 3.18. The summed E-state index contributed by atoms with van der Waals surface area (Å²) in [6.45, 7) is 4.14. The zero-order valence-electron chi connectivity index (χ0n) is 16.0. The highest BCUT2D eigenvalue weighted by Gasteiger charge is 2.20. The number of benzene rings is 2. The average molecular weight is 391 g/mol. The standard InChI is InChI=1S/C21H21N5O3/c1-15-2-5-17(12-19(15)21(28)25-8-10-29-11-9-25)24-20(27)16-3-6-18(7-4-16)26-14-22-13-23-26/h2-7,12-14H,8-11H2,1H3,(H,24,27). The van der Waals surface area contributed by atoms with Crippen molar-refractivity contribution in [1.29, 1.82) is 0 Å². The molecule has 4 rings (SSSR count). The normalized spacial score (nSPS) is 13.9. The summed E-state index contributed by atoms with van der Waals surface area (Å²) in [7, 11) is 0. The highest BCUT2D eigenvalue weighted by atomic mass is 16.5. The summed E-state index contributed by atoms with van der Waals surface area (Å²) in [5, 5.41) is 6.93. The first-order valence-electron chi connectivity index (χ1n) is 9.36. The Morgan fingerprint density at radius 1 is 1.07 bits per heavy atom. The maximum absolute atomic E-state index is 12.8. The number of hydrogen-bond acceptors (Lipinski definition) is 5. The number of rotatable bonds is 4. The lowest BCUT2D eigenvalue weighted by molar-refractivity contribution is 0.0302. The fraction of sp³-hybridized carbons (Fsp3) is 0.238. The lowest BCUT2D eigenvalue weighted by atomic mass is 10.1. The molecule has 1 aliphatic rings. The van der Waals surface area contributed by atoms with Crippen LogP contribution in [0.1, 0.15) is 26.3 Å². The minimum atomic E-state index is -0.247. The summed E-state index contributed by atoms with van der Waals surface area (Å²) in [4.78, 5) is 31.1. The van der Waals surface area contributed by atoms with Gasteiger partial charge >= 0.3 is 0 Å². The molecule has 148 valence electrons. The zero-order valence-corrected chi connectivity index (χ0v) is 16.0. The van der Waals surface area contributed by atoms with Crippen LogP contribution >= 0.6 is 0 Å². The Kier molecular flexibility index (Phi) is 5.35. The van der Waals surface area contributed by atoms with Crippen molar-refractivity contribution in [3.05, 3.63) is 71.8 Å². The Morgan fingerprint density at radius 3 is 2.52 bits per heavy atom. The average Bonchev–Trinajstić information content (AvgIpc) is 3.30. The van der Waals surface area contributed by atoms with E-state index >= 15 is 0 Å². The summed E-state index contributed by atoms with van der Waals surface area (Å²) < 4.78 is 6.93. The summed E-state index contributed by atoms with van der Waals surface area (Å²) in [5.41, 5.74) is 3.36. The van der Waals surface area contributed by atoms with E-state index in [-0.39, 0.29) is 11.8 Å². The molecule has 0 unspecified atom stereocenters. The number of ether oxygens (including phenoxy) is 1. The first-order chi connectivity index (χ1) is 14.1. The van der Waals surface area contributed by atoms with Crippen LogP contribution in [0.5, 0.6) is 0 Å². The van der Waals surface area contributed by atoms with Gasteiger partial charge in [0.2, 0.25) is 0 Å². The number of nitrogens with one attached hydrogen (secondary N) is 1. The molecule has 0 saturated carbocycles. The number of anilines is 1. The molecular weight excluding hydrogens is 370 g/mol. The first-order valence-corrected chi connectivity index (χ1v) is 9.36. The molecule has 3 aromatic rings. The Morgan fingerprint density at radius 2 is 1.83 bits per heavy atom. The Bertz CT molecular complexity index is 1010. The third-order valence-electron chi connectivity index (χ3n) is 4.84. The van der Waals surface area contributed by atoms with Crippen LogP contribution in [-0.4, -0.2) is 57.8 Å². The van der Waals surface area contributed by atoms with Gasteiger partial charge in [0.05, 0.1) is 18.9 Å². The molecule has 0 bridgehead atoms. The van der Waals surface area contributed by atoms with Crippen molar-refractivity contribution in [2.45, 2.75) is 6.92 Å². The second-order valence-electron chi connectivity index (χ2n) is 6.78. The van der Waals surface area contributed by atoms with Gasteiger partial charge in [0.1, 0.15) is 12.7 Å². The fourth-order valence-corrected chi connectivity index (χ4v) is 3.18. The molecule has 1 aromatic heterocycles.